The minimum Gasteiger partial charge on any atom is -0.493 e. The molecule has 1 saturated heterocycles. The first-order valence-electron chi connectivity index (χ1n) is 11.2. The third-order valence-electron chi connectivity index (χ3n) is 5.59. The van der Waals surface area contributed by atoms with Gasteiger partial charge in [-0.3, -0.25) is 9.78 Å². The van der Waals surface area contributed by atoms with Crippen LogP contribution in [0.15, 0.2) is 72.0 Å². The lowest BCUT2D eigenvalue weighted by molar-refractivity contribution is -0.131. The molecule has 1 N–H and O–H groups in total. The van der Waals surface area contributed by atoms with E-state index in [1.165, 1.54) is 0 Å². The number of ether oxygens (including phenoxy) is 3. The van der Waals surface area contributed by atoms with Crippen molar-refractivity contribution in [2.75, 3.05) is 20.3 Å². The van der Waals surface area contributed by atoms with E-state index in [0.29, 0.717) is 43.1 Å². The fourth-order valence-electron chi connectivity index (χ4n) is 3.90. The number of carbonyl (C=O) groups is 1. The maximum Gasteiger partial charge on any atom is 0.267 e. The number of pyridine rings is 1. The SMILES string of the molecule is COC1=C(OCC(C)(C)O)CCC(N2CCC(Oc3ccc(-c4ccccc4)nc3)C2=O)=C1. The van der Waals surface area contributed by atoms with Crippen LogP contribution in [0.5, 0.6) is 5.75 Å². The number of hydrogen-bond donors (Lipinski definition) is 1. The van der Waals surface area contributed by atoms with E-state index in [-0.39, 0.29) is 12.5 Å². The predicted molar refractivity (Wildman–Crippen MR) is 124 cm³/mol. The van der Waals surface area contributed by atoms with Crippen LogP contribution in [0.2, 0.25) is 0 Å². The van der Waals surface area contributed by atoms with Gasteiger partial charge in [-0.1, -0.05) is 30.3 Å². The molecular formula is C26H30N2O5. The molecule has 1 aromatic heterocycles. The number of hydrogen-bond acceptors (Lipinski definition) is 6. The van der Waals surface area contributed by atoms with Crippen molar-refractivity contribution in [3.8, 4) is 17.0 Å². The molecule has 0 radical (unpaired) electrons. The zero-order valence-electron chi connectivity index (χ0n) is 19.3. The largest absolute Gasteiger partial charge is 0.493 e. The van der Waals surface area contributed by atoms with Gasteiger partial charge in [0, 0.05) is 36.7 Å². The number of carbonyl (C=O) groups excluding carboxylic acids is 1. The van der Waals surface area contributed by atoms with Crippen LogP contribution in [0.4, 0.5) is 0 Å². The van der Waals surface area contributed by atoms with Gasteiger partial charge in [-0.25, -0.2) is 0 Å². The summed E-state index contributed by atoms with van der Waals surface area (Å²) in [6.45, 7) is 4.14. The number of aromatic nitrogens is 1. The molecule has 33 heavy (non-hydrogen) atoms. The van der Waals surface area contributed by atoms with Gasteiger partial charge in [0.25, 0.3) is 5.91 Å². The highest BCUT2D eigenvalue weighted by atomic mass is 16.5. The number of allylic oxidation sites excluding steroid dienone is 3. The molecule has 174 valence electrons. The Kier molecular flexibility index (Phi) is 6.70. The summed E-state index contributed by atoms with van der Waals surface area (Å²) in [5.74, 6) is 1.78. The molecule has 1 aromatic carbocycles. The summed E-state index contributed by atoms with van der Waals surface area (Å²) in [6, 6.07) is 13.7. The van der Waals surface area contributed by atoms with Crippen molar-refractivity contribution in [2.24, 2.45) is 0 Å². The van der Waals surface area contributed by atoms with Crippen molar-refractivity contribution in [3.05, 3.63) is 72.0 Å². The molecule has 2 aromatic rings. The van der Waals surface area contributed by atoms with Crippen LogP contribution in [0.1, 0.15) is 33.1 Å². The Bertz CT molecular complexity index is 1040. The maximum absolute atomic E-state index is 13.0. The van der Waals surface area contributed by atoms with Gasteiger partial charge < -0.3 is 24.2 Å². The Morgan fingerprint density at radius 3 is 2.61 bits per heavy atom. The van der Waals surface area contributed by atoms with Gasteiger partial charge in [-0.15, -0.1) is 0 Å². The van der Waals surface area contributed by atoms with E-state index in [4.69, 9.17) is 14.2 Å². The predicted octanol–water partition coefficient (Wildman–Crippen LogP) is 4.05. The lowest BCUT2D eigenvalue weighted by Gasteiger charge is -2.27. The second kappa shape index (κ2) is 9.67. The topological polar surface area (TPSA) is 81.1 Å². The van der Waals surface area contributed by atoms with Crippen LogP contribution in [0.25, 0.3) is 11.3 Å². The second-order valence-electron chi connectivity index (χ2n) is 8.86. The highest BCUT2D eigenvalue weighted by molar-refractivity contribution is 5.85. The summed E-state index contributed by atoms with van der Waals surface area (Å²) in [5, 5.41) is 9.91. The first-order chi connectivity index (χ1) is 15.8. The lowest BCUT2D eigenvalue weighted by Crippen LogP contribution is -2.33. The van der Waals surface area contributed by atoms with Crippen molar-refractivity contribution >= 4 is 5.91 Å². The van der Waals surface area contributed by atoms with E-state index in [1.807, 2.05) is 48.5 Å². The minimum atomic E-state index is -0.931. The van der Waals surface area contributed by atoms with Gasteiger partial charge in [-0.05, 0) is 32.4 Å². The molecule has 1 aliphatic heterocycles. The summed E-state index contributed by atoms with van der Waals surface area (Å²) >= 11 is 0. The van der Waals surface area contributed by atoms with E-state index in [2.05, 4.69) is 4.98 Å². The molecule has 1 amide bonds. The minimum absolute atomic E-state index is 0.0651. The number of benzene rings is 1. The van der Waals surface area contributed by atoms with Crippen molar-refractivity contribution < 1.29 is 24.1 Å². The van der Waals surface area contributed by atoms with Crippen LogP contribution in [-0.4, -0.2) is 52.9 Å². The quantitative estimate of drug-likeness (QED) is 0.654. The van der Waals surface area contributed by atoms with E-state index in [0.717, 1.165) is 17.0 Å². The van der Waals surface area contributed by atoms with Gasteiger partial charge in [-0.2, -0.15) is 0 Å². The Morgan fingerprint density at radius 2 is 1.94 bits per heavy atom. The number of likely N-dealkylation sites (tertiary alicyclic amines) is 1. The van der Waals surface area contributed by atoms with Crippen LogP contribution >= 0.6 is 0 Å². The smallest absolute Gasteiger partial charge is 0.267 e. The molecule has 1 aliphatic carbocycles. The number of nitrogens with zero attached hydrogens (tertiary/aromatic N) is 2. The molecule has 1 atom stereocenters. The summed E-state index contributed by atoms with van der Waals surface area (Å²) in [6.07, 6.45) is 4.82. The summed E-state index contributed by atoms with van der Waals surface area (Å²) in [5.41, 5.74) is 1.84. The Hall–Kier alpha value is -3.32. The van der Waals surface area contributed by atoms with E-state index in [1.54, 1.807) is 32.1 Å². The molecule has 2 aliphatic rings. The molecule has 7 nitrogen and oxygen atoms in total. The Balaban J connectivity index is 1.41. The first-order valence-corrected chi connectivity index (χ1v) is 11.2. The zero-order chi connectivity index (χ0) is 23.4. The molecule has 1 fully saturated rings. The standard InChI is InChI=1S/C26H30N2O5/c1-26(2,30)17-32-22-12-9-19(15-24(22)31-3)28-14-13-23(25(28)29)33-20-10-11-21(27-16-20)18-7-5-4-6-8-18/h4-8,10-11,15-16,23,30H,9,12-14,17H2,1-3H3. The Morgan fingerprint density at radius 1 is 1.15 bits per heavy atom. The normalized spacial score (nSPS) is 18.9. The van der Waals surface area contributed by atoms with E-state index in [9.17, 15) is 9.90 Å². The number of rotatable bonds is 8. The zero-order valence-corrected chi connectivity index (χ0v) is 19.3. The van der Waals surface area contributed by atoms with E-state index >= 15 is 0 Å². The van der Waals surface area contributed by atoms with E-state index < -0.39 is 11.7 Å². The van der Waals surface area contributed by atoms with Gasteiger partial charge in [0.2, 0.25) is 0 Å². The summed E-state index contributed by atoms with van der Waals surface area (Å²) in [7, 11) is 1.58. The molecule has 0 saturated carbocycles. The monoisotopic (exact) mass is 450 g/mol. The summed E-state index contributed by atoms with van der Waals surface area (Å²) < 4.78 is 17.2. The number of aliphatic hydroxyl groups is 1. The van der Waals surface area contributed by atoms with Gasteiger partial charge in [0.1, 0.15) is 18.1 Å². The highest BCUT2D eigenvalue weighted by Gasteiger charge is 2.36. The van der Waals surface area contributed by atoms with Crippen molar-refractivity contribution in [1.82, 2.24) is 9.88 Å². The average molecular weight is 451 g/mol. The third kappa shape index (κ3) is 5.54. The number of methoxy groups -OCH3 is 1. The Labute approximate surface area is 194 Å². The van der Waals surface area contributed by atoms with Crippen LogP contribution in [0.3, 0.4) is 0 Å². The number of amides is 1. The first kappa shape index (κ1) is 22.9. The van der Waals surface area contributed by atoms with Crippen molar-refractivity contribution in [1.29, 1.82) is 0 Å². The lowest BCUT2D eigenvalue weighted by atomic mass is 10.1. The van der Waals surface area contributed by atoms with Crippen LogP contribution < -0.4 is 4.74 Å². The van der Waals surface area contributed by atoms with Crippen molar-refractivity contribution in [3.63, 3.8) is 0 Å². The van der Waals surface area contributed by atoms with Gasteiger partial charge in [0.05, 0.1) is 24.6 Å². The molecule has 0 bridgehead atoms. The fraction of sp³-hybridized carbons (Fsp3) is 0.385. The highest BCUT2D eigenvalue weighted by Crippen LogP contribution is 2.31. The fourth-order valence-corrected chi connectivity index (χ4v) is 3.90. The summed E-state index contributed by atoms with van der Waals surface area (Å²) in [4.78, 5) is 19.3. The molecular weight excluding hydrogens is 420 g/mol. The second-order valence-corrected chi connectivity index (χ2v) is 8.86. The van der Waals surface area contributed by atoms with Crippen LogP contribution in [-0.2, 0) is 14.3 Å². The van der Waals surface area contributed by atoms with Crippen LogP contribution in [0, 0.1) is 0 Å². The molecule has 2 heterocycles. The van der Waals surface area contributed by atoms with Gasteiger partial charge in [0.15, 0.2) is 11.9 Å². The average Bonchev–Trinajstić information content (AvgIpc) is 3.18. The molecule has 1 unspecified atom stereocenters. The van der Waals surface area contributed by atoms with Crippen molar-refractivity contribution in [2.45, 2.75) is 44.8 Å². The van der Waals surface area contributed by atoms with Gasteiger partial charge >= 0.3 is 0 Å². The maximum atomic E-state index is 13.0. The molecule has 0 spiro atoms. The third-order valence-corrected chi connectivity index (χ3v) is 5.59. The molecule has 7 heteroatoms. The molecule has 4 rings (SSSR count).